The maximum atomic E-state index is 12.5. The van der Waals surface area contributed by atoms with E-state index in [1.54, 1.807) is 6.08 Å². The number of allylic oxidation sites excluding steroid dienone is 1. The summed E-state index contributed by atoms with van der Waals surface area (Å²) in [5, 5.41) is 23.3. The van der Waals surface area contributed by atoms with Gasteiger partial charge in [-0.15, -0.1) is 0 Å². The highest BCUT2D eigenvalue weighted by molar-refractivity contribution is 5.76. The second kappa shape index (κ2) is 71.1. The Morgan fingerprint density at radius 3 is 0.840 bits per heavy atom. The smallest absolute Gasteiger partial charge is 0.305 e. The number of nitrogens with one attached hydrogen (secondary N) is 1. The minimum atomic E-state index is -0.843. The van der Waals surface area contributed by atoms with Gasteiger partial charge in [-0.25, -0.2) is 0 Å². The van der Waals surface area contributed by atoms with Gasteiger partial charge in [0.1, 0.15) is 0 Å². The minimum absolute atomic E-state index is 0.0192. The lowest BCUT2D eigenvalue weighted by Gasteiger charge is -2.20. The van der Waals surface area contributed by atoms with Crippen molar-refractivity contribution in [3.8, 4) is 0 Å². The summed E-state index contributed by atoms with van der Waals surface area (Å²) in [7, 11) is 0. The Labute approximate surface area is 508 Å². The van der Waals surface area contributed by atoms with E-state index in [0.29, 0.717) is 19.4 Å². The summed E-state index contributed by atoms with van der Waals surface area (Å²) in [6, 6.07) is -0.626. The second-order valence-electron chi connectivity index (χ2n) is 26.0. The first-order valence-corrected chi connectivity index (χ1v) is 37.5. The molecule has 0 heterocycles. The Morgan fingerprint density at radius 2 is 0.568 bits per heavy atom. The first-order chi connectivity index (χ1) is 40.0. The average molecular weight is 1140 g/mol. The molecule has 6 nitrogen and oxygen atoms in total. The zero-order chi connectivity index (χ0) is 58.5. The summed E-state index contributed by atoms with van der Waals surface area (Å²) in [5.74, 6) is -0.0400. The number of carbonyl (C=O) groups excluding carboxylic acids is 2. The molecular weight excluding hydrogens is 995 g/mol. The van der Waals surface area contributed by atoms with Crippen molar-refractivity contribution < 1.29 is 24.5 Å². The van der Waals surface area contributed by atoms with E-state index in [-0.39, 0.29) is 18.5 Å². The van der Waals surface area contributed by atoms with Gasteiger partial charge < -0.3 is 20.3 Å². The summed E-state index contributed by atoms with van der Waals surface area (Å²) >= 11 is 0. The Hall–Kier alpha value is -1.40. The molecule has 0 bridgehead atoms. The summed E-state index contributed by atoms with van der Waals surface area (Å²) in [4.78, 5) is 24.6. The molecule has 81 heavy (non-hydrogen) atoms. The predicted molar refractivity (Wildman–Crippen MR) is 357 cm³/mol. The van der Waals surface area contributed by atoms with Crippen LogP contribution in [0.4, 0.5) is 0 Å². The highest BCUT2D eigenvalue weighted by Crippen LogP contribution is 2.20. The van der Waals surface area contributed by atoms with Crippen LogP contribution >= 0.6 is 0 Å². The first-order valence-electron chi connectivity index (χ1n) is 37.5. The van der Waals surface area contributed by atoms with E-state index < -0.39 is 12.1 Å². The number of aliphatic hydroxyl groups is 2. The number of carbonyl (C=O) groups is 2. The first kappa shape index (κ1) is 79.6. The molecule has 0 aromatic heterocycles. The van der Waals surface area contributed by atoms with Crippen molar-refractivity contribution in [2.24, 2.45) is 0 Å². The van der Waals surface area contributed by atoms with Crippen LogP contribution < -0.4 is 5.32 Å². The topological polar surface area (TPSA) is 95.9 Å². The Balaban J connectivity index is 3.37. The number of hydrogen-bond donors (Lipinski definition) is 3. The molecule has 482 valence electrons. The molecule has 0 spiro atoms. The Bertz CT molecular complexity index is 1220. The van der Waals surface area contributed by atoms with Crippen LogP contribution in [0.2, 0.25) is 0 Å². The van der Waals surface area contributed by atoms with Gasteiger partial charge in [-0.3, -0.25) is 9.59 Å². The minimum Gasteiger partial charge on any atom is -0.466 e. The SMILES string of the molecule is CCCCCCCCCCCCCCCCCCCCCCCCC/C=C/C(O)C(CO)NC(=O)CCCCCCCCCCCCCCCCCCCCCCCCCCCCCCOC(=O)CCCCCCCCCCCCC. The highest BCUT2D eigenvalue weighted by Gasteiger charge is 2.18. The summed E-state index contributed by atoms with van der Waals surface area (Å²) in [6.45, 7) is 4.95. The maximum absolute atomic E-state index is 12.5. The van der Waals surface area contributed by atoms with Crippen LogP contribution in [0, 0.1) is 0 Å². The standard InChI is InChI=1S/C75H147NO5/c1-3-5-7-9-11-13-15-16-17-18-19-20-21-26-29-32-35-38-41-44-48-51-55-59-63-67-73(78)72(71-77)76-74(79)68-64-60-56-52-49-45-42-39-36-33-30-27-24-22-23-25-28-31-34-37-40-43-46-50-54-58-62-66-70-81-75(80)69-65-61-57-53-47-14-12-10-8-6-4-2/h63,67,72-73,77-78H,3-62,64-66,68-71H2,1-2H3,(H,76,79)/b67-63+. The van der Waals surface area contributed by atoms with Gasteiger partial charge in [0.15, 0.2) is 0 Å². The second-order valence-corrected chi connectivity index (χ2v) is 26.0. The highest BCUT2D eigenvalue weighted by atomic mass is 16.5. The molecule has 1 amide bonds. The van der Waals surface area contributed by atoms with Crippen molar-refractivity contribution in [3.05, 3.63) is 12.2 Å². The third-order valence-electron chi connectivity index (χ3n) is 17.8. The number of esters is 1. The van der Waals surface area contributed by atoms with Crippen LogP contribution in [-0.4, -0.2) is 47.4 Å². The summed E-state index contributed by atoms with van der Waals surface area (Å²) in [5.41, 5.74) is 0. The van der Waals surface area contributed by atoms with E-state index in [9.17, 15) is 19.8 Å². The molecule has 0 fully saturated rings. The molecule has 0 aliphatic carbocycles. The monoisotopic (exact) mass is 1140 g/mol. The van der Waals surface area contributed by atoms with Gasteiger partial charge in [0.05, 0.1) is 25.4 Å². The van der Waals surface area contributed by atoms with Crippen LogP contribution in [0.1, 0.15) is 431 Å². The third-order valence-corrected chi connectivity index (χ3v) is 17.8. The molecule has 2 unspecified atom stereocenters. The van der Waals surface area contributed by atoms with Crippen LogP contribution in [0.3, 0.4) is 0 Å². The van der Waals surface area contributed by atoms with Gasteiger partial charge in [0.2, 0.25) is 5.91 Å². The van der Waals surface area contributed by atoms with Gasteiger partial charge >= 0.3 is 5.97 Å². The van der Waals surface area contributed by atoms with Gasteiger partial charge in [-0.2, -0.15) is 0 Å². The lowest BCUT2D eigenvalue weighted by Crippen LogP contribution is -2.45. The van der Waals surface area contributed by atoms with Crippen molar-refractivity contribution in [1.82, 2.24) is 5.32 Å². The number of rotatable bonds is 71. The fraction of sp³-hybridized carbons (Fsp3) is 0.947. The van der Waals surface area contributed by atoms with Gasteiger partial charge in [0, 0.05) is 12.8 Å². The molecule has 0 saturated heterocycles. The molecule has 0 aromatic rings. The Morgan fingerprint density at radius 1 is 0.333 bits per heavy atom. The number of unbranched alkanes of at least 4 members (excludes halogenated alkanes) is 60. The molecular formula is C75H147NO5. The lowest BCUT2D eigenvalue weighted by molar-refractivity contribution is -0.143. The number of ether oxygens (including phenoxy) is 1. The molecule has 0 aromatic carbocycles. The van der Waals surface area contributed by atoms with Crippen LogP contribution in [0.25, 0.3) is 0 Å². The number of amides is 1. The molecule has 0 radical (unpaired) electrons. The van der Waals surface area contributed by atoms with Crippen molar-refractivity contribution in [2.45, 2.75) is 443 Å². The quantitative estimate of drug-likeness (QED) is 0.0320. The maximum Gasteiger partial charge on any atom is 0.305 e. The van der Waals surface area contributed by atoms with Crippen LogP contribution in [0.5, 0.6) is 0 Å². The summed E-state index contributed by atoms with van der Waals surface area (Å²) in [6.07, 6.45) is 88.9. The number of hydrogen-bond acceptors (Lipinski definition) is 5. The average Bonchev–Trinajstić information content (AvgIpc) is 3.47. The zero-order valence-corrected chi connectivity index (χ0v) is 55.3. The van der Waals surface area contributed by atoms with Crippen molar-refractivity contribution in [1.29, 1.82) is 0 Å². The van der Waals surface area contributed by atoms with E-state index in [4.69, 9.17) is 4.74 Å². The normalized spacial score (nSPS) is 12.5. The molecule has 3 N–H and O–H groups in total. The third kappa shape index (κ3) is 67.6. The van der Waals surface area contributed by atoms with E-state index in [1.165, 1.54) is 366 Å². The van der Waals surface area contributed by atoms with Gasteiger partial charge in [-0.05, 0) is 32.1 Å². The molecule has 0 saturated carbocycles. The van der Waals surface area contributed by atoms with Gasteiger partial charge in [-0.1, -0.05) is 398 Å². The predicted octanol–water partition coefficient (Wildman–Crippen LogP) is 24.3. The van der Waals surface area contributed by atoms with E-state index in [1.807, 2.05) is 6.08 Å². The van der Waals surface area contributed by atoms with Crippen LogP contribution in [0.15, 0.2) is 12.2 Å². The van der Waals surface area contributed by atoms with Crippen molar-refractivity contribution in [3.63, 3.8) is 0 Å². The zero-order valence-electron chi connectivity index (χ0n) is 55.3. The largest absolute Gasteiger partial charge is 0.466 e. The summed E-state index contributed by atoms with van der Waals surface area (Å²) < 4.78 is 5.48. The van der Waals surface area contributed by atoms with Gasteiger partial charge in [0.25, 0.3) is 0 Å². The van der Waals surface area contributed by atoms with Crippen LogP contribution in [-0.2, 0) is 14.3 Å². The molecule has 0 aliphatic heterocycles. The fourth-order valence-electron chi connectivity index (χ4n) is 12.1. The fourth-order valence-corrected chi connectivity index (χ4v) is 12.1. The lowest BCUT2D eigenvalue weighted by atomic mass is 10.0. The van der Waals surface area contributed by atoms with E-state index in [0.717, 1.165) is 38.5 Å². The number of aliphatic hydroxyl groups excluding tert-OH is 2. The van der Waals surface area contributed by atoms with Crippen molar-refractivity contribution in [2.75, 3.05) is 13.2 Å². The molecule has 0 rings (SSSR count). The van der Waals surface area contributed by atoms with E-state index in [2.05, 4.69) is 19.2 Å². The Kier molecular flexibility index (Phi) is 69.9. The molecule has 0 aliphatic rings. The van der Waals surface area contributed by atoms with Crippen molar-refractivity contribution >= 4 is 11.9 Å². The van der Waals surface area contributed by atoms with E-state index >= 15 is 0 Å². The molecule has 6 heteroatoms. The molecule has 2 atom stereocenters.